The Labute approximate surface area is 112 Å². The molecule has 100 valence electrons. The van der Waals surface area contributed by atoms with Crippen molar-refractivity contribution in [3.8, 4) is 11.5 Å². The molecule has 0 radical (unpaired) electrons. The summed E-state index contributed by atoms with van der Waals surface area (Å²) in [5, 5.41) is 22.0. The summed E-state index contributed by atoms with van der Waals surface area (Å²) in [5.41, 5.74) is 1.81. The average Bonchev–Trinajstić information content (AvgIpc) is 2.46. The van der Waals surface area contributed by atoms with Crippen molar-refractivity contribution in [3.05, 3.63) is 54.1 Å². The molecule has 0 fully saturated rings. The Morgan fingerprint density at radius 3 is 2.21 bits per heavy atom. The lowest BCUT2D eigenvalue weighted by Crippen LogP contribution is -2.14. The van der Waals surface area contributed by atoms with Crippen LogP contribution in [-0.2, 0) is 0 Å². The third-order valence-electron chi connectivity index (χ3n) is 2.91. The number of rotatable bonds is 5. The van der Waals surface area contributed by atoms with Crippen LogP contribution in [0, 0.1) is 0 Å². The van der Waals surface area contributed by atoms with Crippen LogP contribution in [0.2, 0.25) is 0 Å². The first kappa shape index (κ1) is 13.2. The predicted octanol–water partition coefficient (Wildman–Crippen LogP) is 2.55. The van der Waals surface area contributed by atoms with Gasteiger partial charge in [-0.1, -0.05) is 12.1 Å². The summed E-state index contributed by atoms with van der Waals surface area (Å²) in [5.74, 6) is 1.00. The second-order valence-electron chi connectivity index (χ2n) is 4.20. The molecule has 2 aromatic rings. The number of anilines is 1. The van der Waals surface area contributed by atoms with Crippen LogP contribution in [0.4, 0.5) is 5.69 Å². The van der Waals surface area contributed by atoms with Crippen LogP contribution >= 0.6 is 0 Å². The molecule has 0 aliphatic carbocycles. The van der Waals surface area contributed by atoms with Crippen LogP contribution in [0.15, 0.2) is 48.5 Å². The predicted molar refractivity (Wildman–Crippen MR) is 74.6 cm³/mol. The molecule has 0 spiro atoms. The van der Waals surface area contributed by atoms with Crippen LogP contribution in [0.25, 0.3) is 0 Å². The Kier molecular flexibility index (Phi) is 4.26. The third kappa shape index (κ3) is 3.39. The van der Waals surface area contributed by atoms with Gasteiger partial charge in [0.05, 0.1) is 19.8 Å². The molecule has 0 amide bonds. The highest BCUT2D eigenvalue weighted by molar-refractivity contribution is 5.48. The summed E-state index contributed by atoms with van der Waals surface area (Å²) in [6.07, 6.45) is 0. The van der Waals surface area contributed by atoms with Crippen molar-refractivity contribution in [2.75, 3.05) is 19.0 Å². The summed E-state index contributed by atoms with van der Waals surface area (Å²) in [4.78, 5) is 0. The van der Waals surface area contributed by atoms with Gasteiger partial charge in [-0.15, -0.1) is 0 Å². The van der Waals surface area contributed by atoms with Gasteiger partial charge in [0, 0.05) is 5.69 Å². The van der Waals surface area contributed by atoms with Gasteiger partial charge in [-0.3, -0.25) is 0 Å². The molecule has 0 aliphatic heterocycles. The molecule has 0 saturated carbocycles. The molecule has 4 nitrogen and oxygen atoms in total. The lowest BCUT2D eigenvalue weighted by atomic mass is 10.1. The van der Waals surface area contributed by atoms with Crippen LogP contribution in [-0.4, -0.2) is 23.9 Å². The molecule has 1 unspecified atom stereocenters. The van der Waals surface area contributed by atoms with Crippen LogP contribution < -0.4 is 10.1 Å². The number of hydrogen-bond donors (Lipinski definition) is 3. The van der Waals surface area contributed by atoms with E-state index in [1.165, 1.54) is 0 Å². The molecule has 0 bridgehead atoms. The Bertz CT molecular complexity index is 508. The van der Waals surface area contributed by atoms with Gasteiger partial charge >= 0.3 is 0 Å². The van der Waals surface area contributed by atoms with E-state index >= 15 is 0 Å². The zero-order chi connectivity index (χ0) is 13.7. The SMILES string of the molecule is COc1ccc(NC(CO)c2ccc(O)cc2)cc1. The van der Waals surface area contributed by atoms with E-state index in [1.807, 2.05) is 24.3 Å². The molecule has 0 heterocycles. The number of aromatic hydroxyl groups is 1. The minimum Gasteiger partial charge on any atom is -0.508 e. The highest BCUT2D eigenvalue weighted by atomic mass is 16.5. The van der Waals surface area contributed by atoms with Crippen LogP contribution in [0.5, 0.6) is 11.5 Å². The Hall–Kier alpha value is -2.20. The Balaban J connectivity index is 2.11. The molecule has 0 aromatic heterocycles. The van der Waals surface area contributed by atoms with E-state index < -0.39 is 0 Å². The lowest BCUT2D eigenvalue weighted by molar-refractivity contribution is 0.276. The van der Waals surface area contributed by atoms with Crippen molar-refractivity contribution in [1.29, 1.82) is 0 Å². The number of phenolic OH excluding ortho intramolecular Hbond substituents is 1. The van der Waals surface area contributed by atoms with Gasteiger partial charge in [0.2, 0.25) is 0 Å². The summed E-state index contributed by atoms with van der Waals surface area (Å²) < 4.78 is 5.09. The lowest BCUT2D eigenvalue weighted by Gasteiger charge is -2.18. The Morgan fingerprint density at radius 2 is 1.68 bits per heavy atom. The minimum atomic E-state index is -0.214. The number of nitrogens with one attached hydrogen (secondary N) is 1. The minimum absolute atomic E-state index is 0.0309. The highest BCUT2D eigenvalue weighted by Gasteiger charge is 2.10. The van der Waals surface area contributed by atoms with Gasteiger partial charge in [-0.05, 0) is 42.0 Å². The maximum atomic E-state index is 9.46. The molecule has 4 heteroatoms. The summed E-state index contributed by atoms with van der Waals surface area (Å²) in [6, 6.07) is 14.1. The van der Waals surface area contributed by atoms with Crippen molar-refractivity contribution in [2.24, 2.45) is 0 Å². The monoisotopic (exact) mass is 259 g/mol. The normalized spacial score (nSPS) is 11.9. The Morgan fingerprint density at radius 1 is 1.05 bits per heavy atom. The number of methoxy groups -OCH3 is 1. The molecule has 0 aliphatic rings. The van der Waals surface area contributed by atoms with Crippen molar-refractivity contribution in [2.45, 2.75) is 6.04 Å². The first-order valence-corrected chi connectivity index (χ1v) is 6.03. The first-order valence-electron chi connectivity index (χ1n) is 6.03. The number of hydrogen-bond acceptors (Lipinski definition) is 4. The first-order chi connectivity index (χ1) is 9.22. The molecule has 2 aromatic carbocycles. The topological polar surface area (TPSA) is 61.7 Å². The van der Waals surface area contributed by atoms with E-state index in [0.717, 1.165) is 17.0 Å². The van der Waals surface area contributed by atoms with E-state index in [1.54, 1.807) is 31.4 Å². The summed E-state index contributed by atoms with van der Waals surface area (Å²) in [6.45, 7) is -0.0309. The second kappa shape index (κ2) is 6.11. The largest absolute Gasteiger partial charge is 0.508 e. The second-order valence-corrected chi connectivity index (χ2v) is 4.20. The molecule has 19 heavy (non-hydrogen) atoms. The van der Waals surface area contributed by atoms with Gasteiger partial charge < -0.3 is 20.3 Å². The van der Waals surface area contributed by atoms with Gasteiger partial charge in [-0.25, -0.2) is 0 Å². The van der Waals surface area contributed by atoms with Crippen molar-refractivity contribution >= 4 is 5.69 Å². The van der Waals surface area contributed by atoms with Gasteiger partial charge in [-0.2, -0.15) is 0 Å². The fourth-order valence-electron chi connectivity index (χ4n) is 1.83. The van der Waals surface area contributed by atoms with E-state index in [2.05, 4.69) is 5.32 Å². The molecule has 0 saturated heterocycles. The number of aliphatic hydroxyl groups excluding tert-OH is 1. The fraction of sp³-hybridized carbons (Fsp3) is 0.200. The molecular formula is C15H17NO3. The number of phenols is 1. The van der Waals surface area contributed by atoms with Gasteiger partial charge in [0.1, 0.15) is 11.5 Å². The molecule has 3 N–H and O–H groups in total. The maximum Gasteiger partial charge on any atom is 0.119 e. The van der Waals surface area contributed by atoms with E-state index in [4.69, 9.17) is 4.74 Å². The van der Waals surface area contributed by atoms with Gasteiger partial charge in [0.25, 0.3) is 0 Å². The van der Waals surface area contributed by atoms with Gasteiger partial charge in [0.15, 0.2) is 0 Å². The van der Waals surface area contributed by atoms with Crippen LogP contribution in [0.3, 0.4) is 0 Å². The van der Waals surface area contributed by atoms with E-state index in [0.29, 0.717) is 0 Å². The standard InChI is InChI=1S/C15H17NO3/c1-19-14-8-4-12(5-9-14)16-15(10-17)11-2-6-13(18)7-3-11/h2-9,15-18H,10H2,1H3. The smallest absolute Gasteiger partial charge is 0.119 e. The fourth-order valence-corrected chi connectivity index (χ4v) is 1.83. The van der Waals surface area contributed by atoms with E-state index in [9.17, 15) is 10.2 Å². The van der Waals surface area contributed by atoms with Crippen molar-refractivity contribution < 1.29 is 14.9 Å². The van der Waals surface area contributed by atoms with E-state index in [-0.39, 0.29) is 18.4 Å². The summed E-state index contributed by atoms with van der Waals surface area (Å²) >= 11 is 0. The summed E-state index contributed by atoms with van der Waals surface area (Å²) in [7, 11) is 1.62. The maximum absolute atomic E-state index is 9.46. The molecule has 2 rings (SSSR count). The third-order valence-corrected chi connectivity index (χ3v) is 2.91. The quantitative estimate of drug-likeness (QED) is 0.772. The number of benzene rings is 2. The number of aliphatic hydroxyl groups is 1. The van der Waals surface area contributed by atoms with Crippen molar-refractivity contribution in [3.63, 3.8) is 0 Å². The average molecular weight is 259 g/mol. The molecular weight excluding hydrogens is 242 g/mol. The van der Waals surface area contributed by atoms with Crippen molar-refractivity contribution in [1.82, 2.24) is 0 Å². The zero-order valence-corrected chi connectivity index (χ0v) is 10.7. The number of ether oxygens (including phenoxy) is 1. The zero-order valence-electron chi connectivity index (χ0n) is 10.7. The van der Waals surface area contributed by atoms with Crippen LogP contribution in [0.1, 0.15) is 11.6 Å². The molecule has 1 atom stereocenters. The highest BCUT2D eigenvalue weighted by Crippen LogP contribution is 2.22.